The molecule has 1 aromatic heterocycles. The molecule has 2 aromatic rings. The van der Waals surface area contributed by atoms with Crippen LogP contribution in [0.3, 0.4) is 0 Å². The third kappa shape index (κ3) is 2.48. The lowest BCUT2D eigenvalue weighted by atomic mass is 10.1. The maximum atomic E-state index is 12.2. The van der Waals surface area contributed by atoms with Crippen LogP contribution in [0.15, 0.2) is 36.5 Å². The molecular formula is C15H15N3O. The van der Waals surface area contributed by atoms with E-state index >= 15 is 0 Å². The van der Waals surface area contributed by atoms with Crippen LogP contribution >= 0.6 is 0 Å². The summed E-state index contributed by atoms with van der Waals surface area (Å²) in [7, 11) is 0. The minimum absolute atomic E-state index is 0.118. The minimum atomic E-state index is -0.118. The molecule has 0 spiro atoms. The Morgan fingerprint density at radius 1 is 1.21 bits per heavy atom. The van der Waals surface area contributed by atoms with E-state index in [2.05, 4.69) is 15.6 Å². The molecular weight excluding hydrogens is 238 g/mol. The summed E-state index contributed by atoms with van der Waals surface area (Å²) in [5, 5.41) is 6.09. The number of nitrogens with zero attached hydrogens (tertiary/aromatic N) is 1. The molecule has 4 nitrogen and oxygen atoms in total. The van der Waals surface area contributed by atoms with E-state index in [4.69, 9.17) is 0 Å². The highest BCUT2D eigenvalue weighted by molar-refractivity contribution is 6.03. The molecule has 0 fully saturated rings. The zero-order valence-corrected chi connectivity index (χ0v) is 10.7. The molecule has 1 amide bonds. The molecule has 96 valence electrons. The molecule has 4 heteroatoms. The lowest BCUT2D eigenvalue weighted by molar-refractivity contribution is 0.102. The molecule has 0 saturated carbocycles. The van der Waals surface area contributed by atoms with Crippen LogP contribution in [0.5, 0.6) is 0 Å². The average molecular weight is 253 g/mol. The number of carbonyl (C=O) groups excluding carboxylic acids is 1. The Morgan fingerprint density at radius 3 is 2.89 bits per heavy atom. The van der Waals surface area contributed by atoms with Gasteiger partial charge in [0.2, 0.25) is 0 Å². The number of carbonyl (C=O) groups is 1. The molecule has 19 heavy (non-hydrogen) atoms. The van der Waals surface area contributed by atoms with Gasteiger partial charge in [0.1, 0.15) is 5.82 Å². The van der Waals surface area contributed by atoms with Gasteiger partial charge in [-0.25, -0.2) is 4.98 Å². The van der Waals surface area contributed by atoms with Gasteiger partial charge in [-0.2, -0.15) is 0 Å². The van der Waals surface area contributed by atoms with Gasteiger partial charge in [-0.3, -0.25) is 4.79 Å². The van der Waals surface area contributed by atoms with Gasteiger partial charge < -0.3 is 10.6 Å². The van der Waals surface area contributed by atoms with Crippen LogP contribution in [0, 0.1) is 6.92 Å². The molecule has 0 bridgehead atoms. The summed E-state index contributed by atoms with van der Waals surface area (Å²) in [6.45, 7) is 3.69. The Balaban J connectivity index is 1.81. The highest BCUT2D eigenvalue weighted by Gasteiger charge is 2.13. The van der Waals surface area contributed by atoms with Crippen LogP contribution < -0.4 is 10.6 Å². The summed E-state index contributed by atoms with van der Waals surface area (Å²) in [5.41, 5.74) is 4.21. The monoisotopic (exact) mass is 253 g/mol. The first-order chi connectivity index (χ1) is 9.22. The Hall–Kier alpha value is -2.20. The molecule has 0 radical (unpaired) electrons. The maximum Gasteiger partial charge on any atom is 0.256 e. The van der Waals surface area contributed by atoms with Crippen molar-refractivity contribution in [3.8, 4) is 0 Å². The first-order valence-electron chi connectivity index (χ1n) is 6.29. The van der Waals surface area contributed by atoms with Crippen molar-refractivity contribution in [1.29, 1.82) is 0 Å². The van der Waals surface area contributed by atoms with E-state index < -0.39 is 0 Å². The zero-order chi connectivity index (χ0) is 13.2. The number of pyridine rings is 1. The van der Waals surface area contributed by atoms with Crippen molar-refractivity contribution in [2.45, 2.75) is 20.0 Å². The van der Waals surface area contributed by atoms with E-state index in [9.17, 15) is 4.79 Å². The first-order valence-corrected chi connectivity index (χ1v) is 6.29. The van der Waals surface area contributed by atoms with Gasteiger partial charge in [0.25, 0.3) is 5.91 Å². The fourth-order valence-corrected chi connectivity index (χ4v) is 2.23. The van der Waals surface area contributed by atoms with Crippen LogP contribution in [-0.4, -0.2) is 10.9 Å². The van der Waals surface area contributed by atoms with Crippen LogP contribution in [0.1, 0.15) is 27.0 Å². The van der Waals surface area contributed by atoms with Crippen molar-refractivity contribution >= 4 is 11.7 Å². The van der Waals surface area contributed by atoms with E-state index in [0.717, 1.165) is 18.7 Å². The number of fused-ring (bicyclic) bond motifs is 1. The van der Waals surface area contributed by atoms with E-state index in [0.29, 0.717) is 11.4 Å². The highest BCUT2D eigenvalue weighted by Crippen LogP contribution is 2.18. The van der Waals surface area contributed by atoms with E-state index in [1.807, 2.05) is 37.3 Å². The molecule has 2 heterocycles. The second-order valence-electron chi connectivity index (χ2n) is 4.76. The van der Waals surface area contributed by atoms with Crippen LogP contribution in [0.25, 0.3) is 0 Å². The zero-order valence-electron chi connectivity index (χ0n) is 10.7. The smallest absolute Gasteiger partial charge is 0.256 e. The fraction of sp³-hybridized carbons (Fsp3) is 0.200. The quantitative estimate of drug-likeness (QED) is 0.863. The van der Waals surface area contributed by atoms with E-state index in [1.165, 1.54) is 11.1 Å². The van der Waals surface area contributed by atoms with E-state index in [-0.39, 0.29) is 5.91 Å². The second kappa shape index (κ2) is 4.82. The number of anilines is 1. The summed E-state index contributed by atoms with van der Waals surface area (Å²) < 4.78 is 0. The van der Waals surface area contributed by atoms with E-state index in [1.54, 1.807) is 6.20 Å². The number of hydrogen-bond acceptors (Lipinski definition) is 3. The molecule has 0 unspecified atom stereocenters. The molecule has 0 saturated heterocycles. The SMILES string of the molecule is Cc1ccnc(NC(=O)c2ccc3c(c2)CNC3)c1. The lowest BCUT2D eigenvalue weighted by Crippen LogP contribution is -2.13. The van der Waals surface area contributed by atoms with Crippen molar-refractivity contribution in [3.05, 3.63) is 58.8 Å². The predicted molar refractivity (Wildman–Crippen MR) is 73.9 cm³/mol. The van der Waals surface area contributed by atoms with Crippen molar-refractivity contribution < 1.29 is 4.79 Å². The number of nitrogens with one attached hydrogen (secondary N) is 2. The van der Waals surface area contributed by atoms with Crippen molar-refractivity contribution in [1.82, 2.24) is 10.3 Å². The first kappa shape index (κ1) is 11.9. The summed E-state index contributed by atoms with van der Waals surface area (Å²) in [4.78, 5) is 16.3. The van der Waals surface area contributed by atoms with Gasteiger partial charge in [-0.05, 0) is 47.9 Å². The summed E-state index contributed by atoms with van der Waals surface area (Å²) >= 11 is 0. The number of aromatic nitrogens is 1. The maximum absolute atomic E-state index is 12.2. The summed E-state index contributed by atoms with van der Waals surface area (Å²) in [5.74, 6) is 0.469. The molecule has 0 aliphatic carbocycles. The van der Waals surface area contributed by atoms with Gasteiger partial charge >= 0.3 is 0 Å². The Labute approximate surface area is 111 Å². The van der Waals surface area contributed by atoms with Crippen molar-refractivity contribution in [2.75, 3.05) is 5.32 Å². The number of aryl methyl sites for hydroxylation is 1. The molecule has 1 aromatic carbocycles. The third-order valence-electron chi connectivity index (χ3n) is 3.26. The Kier molecular flexibility index (Phi) is 3.01. The topological polar surface area (TPSA) is 54.0 Å². The van der Waals surface area contributed by atoms with Gasteiger partial charge in [0, 0.05) is 24.8 Å². The van der Waals surface area contributed by atoms with Gasteiger partial charge in [-0.15, -0.1) is 0 Å². The average Bonchev–Trinajstić information content (AvgIpc) is 2.85. The normalized spacial score (nSPS) is 13.1. The highest BCUT2D eigenvalue weighted by atomic mass is 16.1. The molecule has 2 N–H and O–H groups in total. The summed E-state index contributed by atoms with van der Waals surface area (Å²) in [6.07, 6.45) is 1.69. The van der Waals surface area contributed by atoms with Crippen molar-refractivity contribution in [3.63, 3.8) is 0 Å². The van der Waals surface area contributed by atoms with Gasteiger partial charge in [0.05, 0.1) is 0 Å². The fourth-order valence-electron chi connectivity index (χ4n) is 2.23. The Bertz CT molecular complexity index is 637. The third-order valence-corrected chi connectivity index (χ3v) is 3.26. The van der Waals surface area contributed by atoms with Crippen molar-refractivity contribution in [2.24, 2.45) is 0 Å². The molecule has 1 aliphatic heterocycles. The lowest BCUT2D eigenvalue weighted by Gasteiger charge is -2.06. The number of benzene rings is 1. The standard InChI is InChI=1S/C15H15N3O/c1-10-4-5-17-14(6-10)18-15(19)11-2-3-12-8-16-9-13(12)7-11/h2-7,16H,8-9H2,1H3,(H,17,18,19). The summed E-state index contributed by atoms with van der Waals surface area (Å²) in [6, 6.07) is 9.56. The Morgan fingerprint density at radius 2 is 2.05 bits per heavy atom. The number of rotatable bonds is 2. The van der Waals surface area contributed by atoms with Gasteiger partial charge in [-0.1, -0.05) is 6.07 Å². The molecule has 3 rings (SSSR count). The largest absolute Gasteiger partial charge is 0.309 e. The second-order valence-corrected chi connectivity index (χ2v) is 4.76. The van der Waals surface area contributed by atoms with Gasteiger partial charge in [0.15, 0.2) is 0 Å². The minimum Gasteiger partial charge on any atom is -0.309 e. The number of hydrogen-bond donors (Lipinski definition) is 2. The number of amides is 1. The molecule has 1 aliphatic rings. The van der Waals surface area contributed by atoms with Crippen LogP contribution in [0.2, 0.25) is 0 Å². The van der Waals surface area contributed by atoms with Crippen LogP contribution in [-0.2, 0) is 13.1 Å². The predicted octanol–water partition coefficient (Wildman–Crippen LogP) is 2.25. The van der Waals surface area contributed by atoms with Crippen LogP contribution in [0.4, 0.5) is 5.82 Å². The molecule has 0 atom stereocenters.